The van der Waals surface area contributed by atoms with E-state index in [9.17, 15) is 14.9 Å². The summed E-state index contributed by atoms with van der Waals surface area (Å²) in [6, 6.07) is 12.6. The van der Waals surface area contributed by atoms with Crippen LogP contribution >= 0.6 is 0 Å². The molecular weight excluding hydrogens is 466 g/mol. The van der Waals surface area contributed by atoms with Crippen LogP contribution in [0.5, 0.6) is 23.0 Å². The number of methoxy groups -OCH3 is 2. The van der Waals surface area contributed by atoms with E-state index in [0.717, 1.165) is 5.56 Å². The number of hydrogen-bond donors (Lipinski definition) is 3. The summed E-state index contributed by atoms with van der Waals surface area (Å²) in [4.78, 5) is 33.3. The lowest BCUT2D eigenvalue weighted by molar-refractivity contribution is -0.119. The number of aromatic nitrogens is 2. The van der Waals surface area contributed by atoms with E-state index in [0.29, 0.717) is 48.3 Å². The van der Waals surface area contributed by atoms with Crippen LogP contribution in [0.1, 0.15) is 22.6 Å². The number of amides is 1. The van der Waals surface area contributed by atoms with Crippen LogP contribution in [0, 0.1) is 17.2 Å². The number of fused-ring (bicyclic) bond motifs is 2. The summed E-state index contributed by atoms with van der Waals surface area (Å²) in [7, 11) is 2.98. The van der Waals surface area contributed by atoms with Gasteiger partial charge < -0.3 is 29.6 Å². The third-order valence-electron chi connectivity index (χ3n) is 6.10. The van der Waals surface area contributed by atoms with Crippen molar-refractivity contribution < 1.29 is 23.7 Å². The van der Waals surface area contributed by atoms with Crippen LogP contribution in [0.3, 0.4) is 0 Å². The van der Waals surface area contributed by atoms with Gasteiger partial charge in [-0.15, -0.1) is 0 Å². The molecule has 0 saturated carbocycles. The number of nitrogens with one attached hydrogen (secondary N) is 3. The molecule has 1 amide bonds. The highest BCUT2D eigenvalue weighted by Crippen LogP contribution is 2.43. The van der Waals surface area contributed by atoms with Gasteiger partial charge in [0.2, 0.25) is 11.9 Å². The zero-order chi connectivity index (χ0) is 25.2. The Morgan fingerprint density at radius 2 is 1.92 bits per heavy atom. The standard InChI is InChI=1S/C25H23N5O6/c1-33-14-4-6-17(34-2)15(10-14)20-16(11-26)23(31)28-22-21(20)24(32)30-25(29-22)27-12-13-3-5-18-19(9-13)36-8-7-35-18/h3-6,9-10,16,20H,7-8,12H2,1-2H3,(H3,27,28,29,30,31,32). The summed E-state index contributed by atoms with van der Waals surface area (Å²) < 4.78 is 21.9. The minimum Gasteiger partial charge on any atom is -0.497 e. The number of ether oxygens (including phenoxy) is 4. The highest BCUT2D eigenvalue weighted by molar-refractivity contribution is 5.98. The quantitative estimate of drug-likeness (QED) is 0.475. The second-order valence-corrected chi connectivity index (χ2v) is 8.19. The molecule has 2 aliphatic rings. The van der Waals surface area contributed by atoms with Gasteiger partial charge in [-0.2, -0.15) is 10.2 Å². The van der Waals surface area contributed by atoms with Crippen LogP contribution in [-0.2, 0) is 11.3 Å². The van der Waals surface area contributed by atoms with Crippen LogP contribution in [-0.4, -0.2) is 43.3 Å². The van der Waals surface area contributed by atoms with Gasteiger partial charge in [0.1, 0.15) is 36.4 Å². The van der Waals surface area contributed by atoms with Crippen molar-refractivity contribution in [2.45, 2.75) is 12.5 Å². The number of aromatic amines is 1. The van der Waals surface area contributed by atoms with Crippen molar-refractivity contribution in [2.24, 2.45) is 5.92 Å². The summed E-state index contributed by atoms with van der Waals surface area (Å²) in [5.41, 5.74) is 1.04. The fraction of sp³-hybridized carbons (Fsp3) is 0.280. The Labute approximate surface area is 206 Å². The summed E-state index contributed by atoms with van der Waals surface area (Å²) in [5, 5.41) is 15.5. The second kappa shape index (κ2) is 9.50. The number of H-pyrrole nitrogens is 1. The normalized spacial score (nSPS) is 17.9. The van der Waals surface area contributed by atoms with Gasteiger partial charge >= 0.3 is 0 Å². The lowest BCUT2D eigenvalue weighted by Crippen LogP contribution is -2.38. The van der Waals surface area contributed by atoms with Gasteiger partial charge in [0.15, 0.2) is 11.5 Å². The highest BCUT2D eigenvalue weighted by Gasteiger charge is 2.41. The SMILES string of the molecule is COc1ccc(OC)c(C2c3c(nc(NCc4ccc5c(c4)OCCO5)[nH]c3=O)NC(=O)C2C#N)c1. The summed E-state index contributed by atoms with van der Waals surface area (Å²) in [6.45, 7) is 1.32. The first-order valence-electron chi connectivity index (χ1n) is 11.2. The first kappa shape index (κ1) is 23.0. The van der Waals surface area contributed by atoms with E-state index in [-0.39, 0.29) is 17.3 Å². The van der Waals surface area contributed by atoms with Crippen molar-refractivity contribution in [1.82, 2.24) is 9.97 Å². The summed E-state index contributed by atoms with van der Waals surface area (Å²) in [5.74, 6) is -0.147. The average molecular weight is 489 g/mol. The van der Waals surface area contributed by atoms with Gasteiger partial charge in [-0.1, -0.05) is 6.07 Å². The molecule has 0 spiro atoms. The van der Waals surface area contributed by atoms with E-state index in [2.05, 4.69) is 20.6 Å². The van der Waals surface area contributed by atoms with Crippen molar-refractivity contribution in [3.8, 4) is 29.1 Å². The van der Waals surface area contributed by atoms with Crippen molar-refractivity contribution in [2.75, 3.05) is 38.1 Å². The molecule has 184 valence electrons. The van der Waals surface area contributed by atoms with E-state index >= 15 is 0 Å². The molecule has 0 aliphatic carbocycles. The molecule has 0 saturated heterocycles. The predicted octanol–water partition coefficient (Wildman–Crippen LogP) is 2.39. The molecular formula is C25H23N5O6. The fourth-order valence-electron chi connectivity index (χ4n) is 4.40. The second-order valence-electron chi connectivity index (χ2n) is 8.19. The maximum atomic E-state index is 13.3. The minimum atomic E-state index is -1.17. The largest absolute Gasteiger partial charge is 0.497 e. The number of carbonyl (C=O) groups excluding carboxylic acids is 1. The summed E-state index contributed by atoms with van der Waals surface area (Å²) in [6.07, 6.45) is 0. The molecule has 36 heavy (non-hydrogen) atoms. The molecule has 0 bridgehead atoms. The zero-order valence-electron chi connectivity index (χ0n) is 19.6. The Morgan fingerprint density at radius 3 is 2.67 bits per heavy atom. The monoisotopic (exact) mass is 489 g/mol. The lowest BCUT2D eigenvalue weighted by atomic mass is 9.78. The number of carbonyl (C=O) groups is 1. The van der Waals surface area contributed by atoms with E-state index in [1.54, 1.807) is 18.2 Å². The highest BCUT2D eigenvalue weighted by atomic mass is 16.6. The first-order valence-corrected chi connectivity index (χ1v) is 11.2. The van der Waals surface area contributed by atoms with Crippen molar-refractivity contribution in [1.29, 1.82) is 5.26 Å². The fourth-order valence-corrected chi connectivity index (χ4v) is 4.40. The molecule has 2 aromatic carbocycles. The predicted molar refractivity (Wildman–Crippen MR) is 129 cm³/mol. The molecule has 3 aromatic rings. The molecule has 0 fully saturated rings. The molecule has 3 N–H and O–H groups in total. The van der Waals surface area contributed by atoms with Gasteiger partial charge in [0.25, 0.3) is 5.56 Å². The van der Waals surface area contributed by atoms with Gasteiger partial charge in [-0.25, -0.2) is 0 Å². The smallest absolute Gasteiger partial charge is 0.258 e. The Bertz CT molecular complexity index is 1430. The number of benzene rings is 2. The Hall–Kier alpha value is -4.72. The first-order chi connectivity index (χ1) is 17.5. The Morgan fingerprint density at radius 1 is 1.11 bits per heavy atom. The molecule has 2 unspecified atom stereocenters. The molecule has 5 rings (SSSR count). The molecule has 11 heteroatoms. The van der Waals surface area contributed by atoms with Crippen molar-refractivity contribution in [3.63, 3.8) is 0 Å². The van der Waals surface area contributed by atoms with Crippen molar-refractivity contribution >= 4 is 17.7 Å². The number of nitriles is 1. The van der Waals surface area contributed by atoms with Crippen LogP contribution in [0.25, 0.3) is 0 Å². The maximum Gasteiger partial charge on any atom is 0.258 e. The number of anilines is 2. The van der Waals surface area contributed by atoms with Crippen LogP contribution in [0.15, 0.2) is 41.2 Å². The third-order valence-corrected chi connectivity index (χ3v) is 6.10. The topological polar surface area (TPSA) is 148 Å². The number of rotatable bonds is 6. The van der Waals surface area contributed by atoms with E-state index in [1.807, 2.05) is 24.3 Å². The van der Waals surface area contributed by atoms with Gasteiger partial charge in [0.05, 0.1) is 25.9 Å². The minimum absolute atomic E-state index is 0.0785. The average Bonchev–Trinajstić information content (AvgIpc) is 2.90. The van der Waals surface area contributed by atoms with Gasteiger partial charge in [0, 0.05) is 18.0 Å². The number of nitrogens with zero attached hydrogens (tertiary/aromatic N) is 2. The van der Waals surface area contributed by atoms with Gasteiger partial charge in [-0.3, -0.25) is 14.6 Å². The molecule has 1 aromatic heterocycles. The lowest BCUT2D eigenvalue weighted by Gasteiger charge is -2.29. The van der Waals surface area contributed by atoms with Crippen molar-refractivity contribution in [3.05, 3.63) is 63.4 Å². The molecule has 2 atom stereocenters. The van der Waals surface area contributed by atoms with Crippen LogP contribution < -0.4 is 35.1 Å². The Balaban J connectivity index is 1.50. The zero-order valence-corrected chi connectivity index (χ0v) is 19.6. The molecule has 11 nitrogen and oxygen atoms in total. The molecule has 0 radical (unpaired) electrons. The third kappa shape index (κ3) is 4.13. The van der Waals surface area contributed by atoms with E-state index < -0.39 is 23.3 Å². The van der Waals surface area contributed by atoms with Crippen LogP contribution in [0.2, 0.25) is 0 Å². The maximum absolute atomic E-state index is 13.3. The van der Waals surface area contributed by atoms with Crippen LogP contribution in [0.4, 0.5) is 11.8 Å². The van der Waals surface area contributed by atoms with E-state index in [4.69, 9.17) is 18.9 Å². The Kier molecular flexibility index (Phi) is 6.08. The van der Waals surface area contributed by atoms with Gasteiger partial charge in [-0.05, 0) is 35.9 Å². The summed E-state index contributed by atoms with van der Waals surface area (Å²) >= 11 is 0. The van der Waals surface area contributed by atoms with E-state index in [1.165, 1.54) is 14.2 Å². The number of hydrogen-bond acceptors (Lipinski definition) is 9. The molecule has 2 aliphatic heterocycles. The molecule has 3 heterocycles.